The summed E-state index contributed by atoms with van der Waals surface area (Å²) in [5.74, 6) is 0.852. The molecular formula is C19H23FN4O. The Hall–Kier alpha value is -2.21. The van der Waals surface area contributed by atoms with Crippen molar-refractivity contribution in [1.82, 2.24) is 14.9 Å². The lowest BCUT2D eigenvalue weighted by molar-refractivity contribution is 0.135. The Bertz CT molecular complexity index is 793. The van der Waals surface area contributed by atoms with Gasteiger partial charge in [-0.3, -0.25) is 4.90 Å². The van der Waals surface area contributed by atoms with Crippen molar-refractivity contribution in [2.75, 3.05) is 25.9 Å². The van der Waals surface area contributed by atoms with Crippen LogP contribution in [0.4, 0.5) is 10.3 Å². The third kappa shape index (κ3) is 2.95. The van der Waals surface area contributed by atoms with Gasteiger partial charge >= 0.3 is 0 Å². The molecule has 0 bridgehead atoms. The van der Waals surface area contributed by atoms with Gasteiger partial charge in [0.15, 0.2) is 0 Å². The van der Waals surface area contributed by atoms with Crippen LogP contribution in [0.2, 0.25) is 0 Å². The standard InChI is InChI=1S/C19H23FN4O/c1-25-15-3-4-16(20)14(9-15)11-24-8-2-6-19(12-24)7-5-13-10-22-18(21)23-17(13)19/h3-4,9-10H,2,5-8,11-12H2,1H3,(H2,21,22,23). The van der Waals surface area contributed by atoms with E-state index >= 15 is 0 Å². The normalized spacial score (nSPS) is 23.0. The monoisotopic (exact) mass is 342 g/mol. The number of methoxy groups -OCH3 is 1. The van der Waals surface area contributed by atoms with Gasteiger partial charge in [0, 0.05) is 30.3 Å². The number of anilines is 1. The molecule has 25 heavy (non-hydrogen) atoms. The van der Waals surface area contributed by atoms with Crippen LogP contribution in [0.1, 0.15) is 36.1 Å². The summed E-state index contributed by atoms with van der Waals surface area (Å²) < 4.78 is 19.4. The van der Waals surface area contributed by atoms with E-state index in [9.17, 15) is 4.39 Å². The molecule has 2 aromatic rings. The summed E-state index contributed by atoms with van der Waals surface area (Å²) in [4.78, 5) is 11.0. The molecule has 1 spiro atoms. The van der Waals surface area contributed by atoms with Gasteiger partial charge in [-0.05, 0) is 56.0 Å². The van der Waals surface area contributed by atoms with E-state index in [1.165, 1.54) is 11.6 Å². The van der Waals surface area contributed by atoms with Crippen molar-refractivity contribution < 1.29 is 9.13 Å². The molecule has 0 saturated carbocycles. The number of hydrogen-bond acceptors (Lipinski definition) is 5. The highest BCUT2D eigenvalue weighted by atomic mass is 19.1. The van der Waals surface area contributed by atoms with Crippen LogP contribution in [0.3, 0.4) is 0 Å². The van der Waals surface area contributed by atoms with Crippen LogP contribution in [-0.4, -0.2) is 35.1 Å². The summed E-state index contributed by atoms with van der Waals surface area (Å²) in [6.07, 6.45) is 6.12. The Balaban J connectivity index is 1.58. The van der Waals surface area contributed by atoms with E-state index in [1.54, 1.807) is 19.2 Å². The molecule has 1 aliphatic carbocycles. The summed E-state index contributed by atoms with van der Waals surface area (Å²) in [6.45, 7) is 2.43. The Labute approximate surface area is 147 Å². The number of rotatable bonds is 3. The zero-order valence-electron chi connectivity index (χ0n) is 14.5. The van der Waals surface area contributed by atoms with Crippen molar-refractivity contribution in [1.29, 1.82) is 0 Å². The fourth-order valence-corrected chi connectivity index (χ4v) is 4.35. The van der Waals surface area contributed by atoms with Crippen LogP contribution in [0, 0.1) is 5.82 Å². The first kappa shape index (κ1) is 16.3. The highest BCUT2D eigenvalue weighted by molar-refractivity contribution is 5.37. The average molecular weight is 342 g/mol. The van der Waals surface area contributed by atoms with Crippen molar-refractivity contribution >= 4 is 5.95 Å². The predicted molar refractivity (Wildman–Crippen MR) is 93.9 cm³/mol. The molecular weight excluding hydrogens is 319 g/mol. The molecule has 4 rings (SSSR count). The molecule has 1 aliphatic heterocycles. The number of aryl methyl sites for hydroxylation is 1. The molecule has 0 amide bonds. The molecule has 1 saturated heterocycles. The van der Waals surface area contributed by atoms with Crippen LogP contribution < -0.4 is 10.5 Å². The summed E-state index contributed by atoms with van der Waals surface area (Å²) in [5.41, 5.74) is 8.86. The van der Waals surface area contributed by atoms with Gasteiger partial charge in [-0.15, -0.1) is 0 Å². The number of aromatic nitrogens is 2. The first-order valence-electron chi connectivity index (χ1n) is 8.76. The van der Waals surface area contributed by atoms with Gasteiger partial charge in [0.2, 0.25) is 5.95 Å². The van der Waals surface area contributed by atoms with Gasteiger partial charge in [0.25, 0.3) is 0 Å². The molecule has 2 N–H and O–H groups in total. The molecule has 132 valence electrons. The van der Waals surface area contributed by atoms with Gasteiger partial charge in [0.1, 0.15) is 11.6 Å². The number of nitrogens with two attached hydrogens (primary N) is 1. The summed E-state index contributed by atoms with van der Waals surface area (Å²) in [6, 6.07) is 4.93. The van der Waals surface area contributed by atoms with E-state index in [-0.39, 0.29) is 11.2 Å². The minimum atomic E-state index is -0.182. The number of likely N-dealkylation sites (tertiary alicyclic amines) is 1. The van der Waals surface area contributed by atoms with E-state index in [0.29, 0.717) is 23.8 Å². The fraction of sp³-hybridized carbons (Fsp3) is 0.474. The lowest BCUT2D eigenvalue weighted by Crippen LogP contribution is -2.45. The Morgan fingerprint density at radius 3 is 3.08 bits per heavy atom. The van der Waals surface area contributed by atoms with E-state index in [2.05, 4.69) is 14.9 Å². The average Bonchev–Trinajstić information content (AvgIpc) is 2.94. The SMILES string of the molecule is COc1ccc(F)c(CN2CCCC3(CCc4cnc(N)nc43)C2)c1. The molecule has 0 radical (unpaired) electrons. The minimum Gasteiger partial charge on any atom is -0.497 e. The first-order chi connectivity index (χ1) is 12.1. The number of benzene rings is 1. The number of hydrogen-bond donors (Lipinski definition) is 1. The fourth-order valence-electron chi connectivity index (χ4n) is 4.35. The second-order valence-corrected chi connectivity index (χ2v) is 7.15. The quantitative estimate of drug-likeness (QED) is 0.929. The maximum Gasteiger partial charge on any atom is 0.220 e. The molecule has 2 aliphatic rings. The number of halogens is 1. The van der Waals surface area contributed by atoms with Crippen LogP contribution in [0.15, 0.2) is 24.4 Å². The van der Waals surface area contributed by atoms with Crippen molar-refractivity contribution in [3.05, 3.63) is 47.0 Å². The maximum absolute atomic E-state index is 14.2. The van der Waals surface area contributed by atoms with Crippen molar-refractivity contribution in [3.63, 3.8) is 0 Å². The third-order valence-electron chi connectivity index (χ3n) is 5.56. The topological polar surface area (TPSA) is 64.3 Å². The van der Waals surface area contributed by atoms with E-state index in [4.69, 9.17) is 10.5 Å². The van der Waals surface area contributed by atoms with Crippen LogP contribution >= 0.6 is 0 Å². The molecule has 1 aromatic carbocycles. The number of piperidine rings is 1. The first-order valence-corrected chi connectivity index (χ1v) is 8.76. The summed E-state index contributed by atoms with van der Waals surface area (Å²) in [7, 11) is 1.60. The highest BCUT2D eigenvalue weighted by Crippen LogP contribution is 2.44. The summed E-state index contributed by atoms with van der Waals surface area (Å²) in [5, 5.41) is 0. The third-order valence-corrected chi connectivity index (χ3v) is 5.56. The van der Waals surface area contributed by atoms with Crippen molar-refractivity contribution in [3.8, 4) is 5.75 Å². The molecule has 1 aromatic heterocycles. The van der Waals surface area contributed by atoms with E-state index in [0.717, 1.165) is 44.5 Å². The van der Waals surface area contributed by atoms with Crippen molar-refractivity contribution in [2.24, 2.45) is 0 Å². The molecule has 1 unspecified atom stereocenters. The second-order valence-electron chi connectivity index (χ2n) is 7.15. The minimum absolute atomic E-state index is 0.0278. The lowest BCUT2D eigenvalue weighted by atomic mass is 9.77. The number of ether oxygens (including phenoxy) is 1. The number of fused-ring (bicyclic) bond motifs is 2. The molecule has 5 nitrogen and oxygen atoms in total. The molecule has 1 atom stereocenters. The van der Waals surface area contributed by atoms with Crippen LogP contribution in [0.25, 0.3) is 0 Å². The van der Waals surface area contributed by atoms with Gasteiger partial charge in [-0.1, -0.05) is 0 Å². The molecule has 1 fully saturated rings. The molecule has 2 heterocycles. The molecule has 6 heteroatoms. The maximum atomic E-state index is 14.2. The number of nitrogens with zero attached hydrogens (tertiary/aromatic N) is 3. The van der Waals surface area contributed by atoms with E-state index in [1.807, 2.05) is 6.20 Å². The highest BCUT2D eigenvalue weighted by Gasteiger charge is 2.43. The smallest absolute Gasteiger partial charge is 0.220 e. The predicted octanol–water partition coefficient (Wildman–Crippen LogP) is 2.69. The Morgan fingerprint density at radius 1 is 1.36 bits per heavy atom. The van der Waals surface area contributed by atoms with Gasteiger partial charge in [-0.2, -0.15) is 0 Å². The zero-order chi connectivity index (χ0) is 17.4. The Morgan fingerprint density at radius 2 is 2.24 bits per heavy atom. The number of nitrogen functional groups attached to an aromatic ring is 1. The summed E-state index contributed by atoms with van der Waals surface area (Å²) >= 11 is 0. The van der Waals surface area contributed by atoms with Gasteiger partial charge in [0.05, 0.1) is 12.8 Å². The zero-order valence-corrected chi connectivity index (χ0v) is 14.5. The van der Waals surface area contributed by atoms with Crippen molar-refractivity contribution in [2.45, 2.75) is 37.6 Å². The van der Waals surface area contributed by atoms with Crippen LogP contribution in [0.5, 0.6) is 5.75 Å². The largest absolute Gasteiger partial charge is 0.497 e. The van der Waals surface area contributed by atoms with Crippen LogP contribution in [-0.2, 0) is 18.4 Å². The second kappa shape index (κ2) is 6.26. The van der Waals surface area contributed by atoms with Gasteiger partial charge in [-0.25, -0.2) is 14.4 Å². The van der Waals surface area contributed by atoms with Gasteiger partial charge < -0.3 is 10.5 Å². The van der Waals surface area contributed by atoms with E-state index < -0.39 is 0 Å². The Kier molecular flexibility index (Phi) is 4.07. The lowest BCUT2D eigenvalue weighted by Gasteiger charge is -2.40.